The summed E-state index contributed by atoms with van der Waals surface area (Å²) in [5, 5.41) is 0. The molecular weight excluding hydrogens is 160 g/mol. The summed E-state index contributed by atoms with van der Waals surface area (Å²) >= 11 is 0. The normalized spacial score (nSPS) is 9.67. The van der Waals surface area contributed by atoms with Crippen molar-refractivity contribution in [2.45, 2.75) is 58.2 Å². The Labute approximate surface area is 79.4 Å². The summed E-state index contributed by atoms with van der Waals surface area (Å²) in [6.07, 6.45) is 6.48. The Hall–Kier alpha value is -0.223. The molecule has 0 unspecified atom stereocenters. The molecule has 0 aliphatic carbocycles. The van der Waals surface area contributed by atoms with Gasteiger partial charge in [0.2, 0.25) is 0 Å². The van der Waals surface area contributed by atoms with Crippen LogP contribution in [0.2, 0.25) is 19.1 Å². The highest BCUT2D eigenvalue weighted by molar-refractivity contribution is 6.56. The van der Waals surface area contributed by atoms with Crippen LogP contribution in [0.3, 0.4) is 0 Å². The highest BCUT2D eigenvalue weighted by atomic mass is 28.3. The van der Waals surface area contributed by atoms with Gasteiger partial charge < -0.3 is 0 Å². The fraction of sp³-hybridized carbons (Fsp3) is 0.818. The molecule has 0 spiro atoms. The highest BCUT2D eigenvalue weighted by Crippen LogP contribution is 2.01. The molecule has 0 aromatic rings. The molecule has 0 fully saturated rings. The lowest BCUT2D eigenvalue weighted by atomic mass is 10.2. The van der Waals surface area contributed by atoms with E-state index in [1.165, 1.54) is 31.7 Å². The Bertz CT molecular complexity index is 139. The second-order valence-electron chi connectivity index (χ2n) is 3.55. The van der Waals surface area contributed by atoms with E-state index < -0.39 is 0 Å². The molecule has 0 amide bonds. The maximum atomic E-state index is 3.26. The summed E-state index contributed by atoms with van der Waals surface area (Å²) in [5.41, 5.74) is 0. The highest BCUT2D eigenvalue weighted by Gasteiger charge is 1.89. The number of rotatable bonds is 5. The van der Waals surface area contributed by atoms with Gasteiger partial charge in [-0.2, -0.15) is 0 Å². The zero-order valence-corrected chi connectivity index (χ0v) is 9.74. The van der Waals surface area contributed by atoms with Crippen LogP contribution in [0.25, 0.3) is 0 Å². The molecule has 0 saturated carbocycles. The molecule has 0 saturated heterocycles. The summed E-state index contributed by atoms with van der Waals surface area (Å²) in [7, 11) is -0.105. The van der Waals surface area contributed by atoms with E-state index in [-0.39, 0.29) is 8.80 Å². The van der Waals surface area contributed by atoms with Crippen molar-refractivity contribution in [1.82, 2.24) is 0 Å². The number of hydrogen-bond donors (Lipinski definition) is 0. The number of unbranched alkanes of at least 4 members (excludes halogenated alkanes) is 4. The molecule has 0 bridgehead atoms. The third-order valence-electron chi connectivity index (χ3n) is 1.72. The lowest BCUT2D eigenvalue weighted by Crippen LogP contribution is -1.95. The molecule has 0 aliphatic rings. The Kier molecular flexibility index (Phi) is 8.70. The van der Waals surface area contributed by atoms with E-state index in [0.29, 0.717) is 0 Å². The maximum Gasteiger partial charge on any atom is 0.0556 e. The Balaban J connectivity index is 3.10. The molecule has 69 valence electrons. The van der Waals surface area contributed by atoms with Crippen LogP contribution in [-0.4, -0.2) is 8.80 Å². The Morgan fingerprint density at radius 3 is 2.33 bits per heavy atom. The summed E-state index contributed by atoms with van der Waals surface area (Å²) in [6.45, 7) is 6.88. The fourth-order valence-corrected chi connectivity index (χ4v) is 1.45. The average Bonchev–Trinajstić information content (AvgIpc) is 2.02. The van der Waals surface area contributed by atoms with Gasteiger partial charge in [-0.3, -0.25) is 0 Å². The van der Waals surface area contributed by atoms with Crippen LogP contribution in [0.15, 0.2) is 0 Å². The zero-order chi connectivity index (χ0) is 9.23. The monoisotopic (exact) mass is 181 g/mol. The first kappa shape index (κ1) is 11.8. The Morgan fingerprint density at radius 2 is 1.75 bits per heavy atom. The van der Waals surface area contributed by atoms with Gasteiger partial charge in [0.1, 0.15) is 0 Å². The van der Waals surface area contributed by atoms with Crippen LogP contribution in [-0.2, 0) is 0 Å². The van der Waals surface area contributed by atoms with E-state index in [1.54, 1.807) is 0 Å². The van der Waals surface area contributed by atoms with E-state index in [0.717, 1.165) is 6.42 Å². The minimum absolute atomic E-state index is 0.105. The van der Waals surface area contributed by atoms with Crippen LogP contribution >= 0.6 is 0 Å². The smallest absolute Gasteiger partial charge is 0.0556 e. The van der Waals surface area contributed by atoms with E-state index in [1.807, 2.05) is 0 Å². The molecule has 0 aromatic heterocycles. The van der Waals surface area contributed by atoms with Crippen molar-refractivity contribution < 1.29 is 0 Å². The summed E-state index contributed by atoms with van der Waals surface area (Å²) < 4.78 is 0. The van der Waals surface area contributed by atoms with Crippen molar-refractivity contribution >= 4 is 8.80 Å². The lowest BCUT2D eigenvalue weighted by molar-refractivity contribution is 0.679. The van der Waals surface area contributed by atoms with Gasteiger partial charge in [0.25, 0.3) is 0 Å². The standard InChI is InChI=1S/C11H21Si/c1-4-5-6-7-8-9-10-11-12(2)3/h4-8,11H2,1-3H3. The van der Waals surface area contributed by atoms with Crippen LogP contribution in [0, 0.1) is 11.8 Å². The van der Waals surface area contributed by atoms with Crippen LogP contribution in [0.5, 0.6) is 0 Å². The molecule has 0 rings (SSSR count). The minimum atomic E-state index is -0.105. The molecule has 1 radical (unpaired) electrons. The van der Waals surface area contributed by atoms with Gasteiger partial charge in [-0.15, -0.1) is 11.8 Å². The first-order valence-corrected chi connectivity index (χ1v) is 7.72. The molecule has 0 N–H and O–H groups in total. The third kappa shape index (κ3) is 9.78. The first-order chi connectivity index (χ1) is 5.77. The zero-order valence-electron chi connectivity index (χ0n) is 8.74. The molecule has 0 atom stereocenters. The lowest BCUT2D eigenvalue weighted by Gasteiger charge is -1.93. The van der Waals surface area contributed by atoms with Crippen molar-refractivity contribution in [1.29, 1.82) is 0 Å². The molecule has 0 aliphatic heterocycles. The molecule has 1 heteroatoms. The summed E-state index contributed by atoms with van der Waals surface area (Å²) in [4.78, 5) is 0. The molecule has 0 heterocycles. The van der Waals surface area contributed by atoms with E-state index in [4.69, 9.17) is 0 Å². The van der Waals surface area contributed by atoms with Crippen molar-refractivity contribution in [2.24, 2.45) is 0 Å². The summed E-state index contributed by atoms with van der Waals surface area (Å²) in [5.74, 6) is 6.51. The molecule has 12 heavy (non-hydrogen) atoms. The van der Waals surface area contributed by atoms with Gasteiger partial charge in [-0.1, -0.05) is 39.3 Å². The molecule has 0 aromatic carbocycles. The quantitative estimate of drug-likeness (QED) is 0.344. The SMILES string of the molecule is CCCCCCC#CC[Si](C)C. The summed E-state index contributed by atoms with van der Waals surface area (Å²) in [6, 6.07) is 1.17. The first-order valence-electron chi connectivity index (χ1n) is 5.02. The van der Waals surface area contributed by atoms with Crippen molar-refractivity contribution in [2.75, 3.05) is 0 Å². The van der Waals surface area contributed by atoms with Crippen LogP contribution in [0.4, 0.5) is 0 Å². The third-order valence-corrected chi connectivity index (χ3v) is 2.61. The molecule has 0 nitrogen and oxygen atoms in total. The average molecular weight is 181 g/mol. The maximum absolute atomic E-state index is 3.26. The van der Waals surface area contributed by atoms with Crippen molar-refractivity contribution in [3.05, 3.63) is 0 Å². The van der Waals surface area contributed by atoms with Crippen molar-refractivity contribution in [3.8, 4) is 11.8 Å². The van der Waals surface area contributed by atoms with Crippen LogP contribution in [0.1, 0.15) is 39.0 Å². The predicted octanol–water partition coefficient (Wildman–Crippen LogP) is 3.71. The van der Waals surface area contributed by atoms with Gasteiger partial charge in [-0.05, 0) is 6.42 Å². The topological polar surface area (TPSA) is 0 Å². The number of hydrogen-bond acceptors (Lipinski definition) is 0. The molecular formula is C11H21Si. The van der Waals surface area contributed by atoms with Crippen molar-refractivity contribution in [3.63, 3.8) is 0 Å². The van der Waals surface area contributed by atoms with Gasteiger partial charge in [0.15, 0.2) is 0 Å². The van der Waals surface area contributed by atoms with Gasteiger partial charge in [-0.25, -0.2) is 0 Å². The predicted molar refractivity (Wildman–Crippen MR) is 58.8 cm³/mol. The second kappa shape index (κ2) is 8.87. The van der Waals surface area contributed by atoms with Crippen LogP contribution < -0.4 is 0 Å². The van der Waals surface area contributed by atoms with Gasteiger partial charge in [0.05, 0.1) is 8.80 Å². The largest absolute Gasteiger partial charge is 0.107 e. The second-order valence-corrected chi connectivity index (χ2v) is 6.32. The van der Waals surface area contributed by atoms with Gasteiger partial charge in [0, 0.05) is 12.5 Å². The minimum Gasteiger partial charge on any atom is -0.107 e. The Morgan fingerprint density at radius 1 is 1.00 bits per heavy atom. The van der Waals surface area contributed by atoms with E-state index >= 15 is 0 Å². The van der Waals surface area contributed by atoms with E-state index in [2.05, 4.69) is 31.9 Å². The fourth-order valence-electron chi connectivity index (χ4n) is 0.968. The van der Waals surface area contributed by atoms with E-state index in [9.17, 15) is 0 Å². The van der Waals surface area contributed by atoms with Gasteiger partial charge >= 0.3 is 0 Å².